The molecule has 4 rings (SSSR count). The number of alkyl halides is 1. The topological polar surface area (TPSA) is 65.6 Å². The first-order chi connectivity index (χ1) is 13.8. The van der Waals surface area contributed by atoms with Gasteiger partial charge in [0, 0.05) is 36.2 Å². The van der Waals surface area contributed by atoms with E-state index < -0.39 is 9.02 Å². The summed E-state index contributed by atoms with van der Waals surface area (Å²) in [4.78, 5) is 19.0. The number of piperidine rings is 1. The molecule has 2 unspecified atom stereocenters. The molecule has 155 valence electrons. The predicted octanol–water partition coefficient (Wildman–Crippen LogP) is 2.50. The van der Waals surface area contributed by atoms with Gasteiger partial charge in [0.1, 0.15) is 0 Å². The smallest absolute Gasteiger partial charge is 0.327 e. The fourth-order valence-corrected chi connectivity index (χ4v) is 6.67. The molecule has 1 radical (unpaired) electrons. The zero-order valence-corrected chi connectivity index (χ0v) is 20.3. The number of H-pyrrole nitrogens is 1. The zero-order chi connectivity index (χ0) is 20.8. The molecule has 1 saturated heterocycles. The van der Waals surface area contributed by atoms with Gasteiger partial charge in [-0.1, -0.05) is 47.1 Å². The van der Waals surface area contributed by atoms with Crippen LogP contribution >= 0.6 is 31.7 Å². The van der Waals surface area contributed by atoms with Crippen molar-refractivity contribution < 1.29 is 14.6 Å². The van der Waals surface area contributed by atoms with E-state index in [4.69, 9.17) is 4.74 Å². The molecule has 8 heteroatoms. The van der Waals surface area contributed by atoms with Crippen LogP contribution in [0.25, 0.3) is 10.9 Å². The summed E-state index contributed by atoms with van der Waals surface area (Å²) in [7, 11) is 4.13. The highest BCUT2D eigenvalue weighted by Crippen LogP contribution is 2.46. The molecule has 0 saturated carbocycles. The van der Waals surface area contributed by atoms with E-state index in [0.29, 0.717) is 13.0 Å². The first-order valence-electron chi connectivity index (χ1n) is 10.2. The monoisotopic (exact) mass is 525 g/mol. The molecule has 0 aliphatic carbocycles. The van der Waals surface area contributed by atoms with Gasteiger partial charge in [0.2, 0.25) is 0 Å². The molecular formula is C21H28BIN2O3P. The van der Waals surface area contributed by atoms with Crippen molar-refractivity contribution >= 4 is 61.0 Å². The van der Waals surface area contributed by atoms with E-state index in [-0.39, 0.29) is 11.9 Å². The van der Waals surface area contributed by atoms with Crippen molar-refractivity contribution in [2.75, 3.05) is 26.7 Å². The third kappa shape index (κ3) is 3.88. The van der Waals surface area contributed by atoms with E-state index in [2.05, 4.69) is 66.7 Å². The van der Waals surface area contributed by atoms with Crippen LogP contribution in [0.3, 0.4) is 0 Å². The van der Waals surface area contributed by atoms with Gasteiger partial charge in [-0.3, -0.25) is 9.69 Å². The second kappa shape index (κ2) is 8.14. The summed E-state index contributed by atoms with van der Waals surface area (Å²) >= 11 is 2.30. The summed E-state index contributed by atoms with van der Waals surface area (Å²) in [5.74, 6) is 0.0146. The van der Waals surface area contributed by atoms with Gasteiger partial charge in [-0.25, -0.2) is 0 Å². The second-order valence-electron chi connectivity index (χ2n) is 8.58. The molecule has 2 bridgehead atoms. The summed E-state index contributed by atoms with van der Waals surface area (Å²) < 4.78 is 4.50. The van der Waals surface area contributed by atoms with Crippen LogP contribution in [0.2, 0.25) is 0 Å². The maximum Gasteiger partial charge on any atom is 0.327 e. The van der Waals surface area contributed by atoms with Crippen LogP contribution in [0, 0.1) is 5.92 Å². The van der Waals surface area contributed by atoms with Crippen molar-refractivity contribution in [2.45, 2.75) is 41.6 Å². The van der Waals surface area contributed by atoms with Crippen LogP contribution in [-0.2, 0) is 19.4 Å². The molecule has 3 heterocycles. The highest BCUT2D eigenvalue weighted by Gasteiger charge is 2.48. The molecule has 1 aromatic carbocycles. The molecule has 29 heavy (non-hydrogen) atoms. The second-order valence-corrected chi connectivity index (χ2v) is 10.8. The largest absolute Gasteiger partial charge is 0.468 e. The maximum atomic E-state index is 13.1. The lowest BCUT2D eigenvalue weighted by atomic mass is 9.79. The first-order valence-corrected chi connectivity index (χ1v) is 12.0. The summed E-state index contributed by atoms with van der Waals surface area (Å²) in [5, 5.41) is 12.3. The molecule has 5 atom stereocenters. The van der Waals surface area contributed by atoms with Gasteiger partial charge < -0.3 is 14.8 Å². The normalized spacial score (nSPS) is 32.0. The molecule has 2 aliphatic heterocycles. The minimum atomic E-state index is -0.793. The van der Waals surface area contributed by atoms with E-state index in [0.717, 1.165) is 49.0 Å². The highest BCUT2D eigenvalue weighted by molar-refractivity contribution is 14.1. The fourth-order valence-electron chi connectivity index (χ4n) is 5.16. The van der Waals surface area contributed by atoms with E-state index in [9.17, 15) is 9.90 Å². The Morgan fingerprint density at radius 1 is 1.48 bits per heavy atom. The van der Waals surface area contributed by atoms with Crippen molar-refractivity contribution in [3.8, 4) is 0 Å². The van der Waals surface area contributed by atoms with E-state index >= 15 is 0 Å². The summed E-state index contributed by atoms with van der Waals surface area (Å²) in [6, 6.07) is 6.36. The molecule has 2 aliphatic rings. The van der Waals surface area contributed by atoms with Gasteiger partial charge in [-0.15, -0.1) is 0 Å². The van der Waals surface area contributed by atoms with Gasteiger partial charge in [-0.2, -0.15) is 9.12 Å². The Balaban J connectivity index is 1.87. The van der Waals surface area contributed by atoms with Crippen molar-refractivity contribution in [1.29, 1.82) is 0 Å². The third-order valence-electron chi connectivity index (χ3n) is 6.64. The van der Waals surface area contributed by atoms with Crippen molar-refractivity contribution in [3.63, 3.8) is 0 Å². The number of benzene rings is 1. The van der Waals surface area contributed by atoms with E-state index in [1.807, 2.05) is 7.00 Å². The summed E-state index contributed by atoms with van der Waals surface area (Å²) in [5.41, 5.74) is 3.68. The van der Waals surface area contributed by atoms with Crippen LogP contribution in [0.4, 0.5) is 0 Å². The van der Waals surface area contributed by atoms with Gasteiger partial charge in [0.05, 0.1) is 12.7 Å². The number of hydrogen-bond acceptors (Lipinski definition) is 4. The Kier molecular flexibility index (Phi) is 6.06. The lowest BCUT2D eigenvalue weighted by Crippen LogP contribution is -2.52. The number of carbonyl (C=O) groups is 1. The van der Waals surface area contributed by atoms with Crippen molar-refractivity contribution in [1.82, 2.24) is 9.88 Å². The van der Waals surface area contributed by atoms with Crippen LogP contribution in [0.5, 0.6) is 0 Å². The molecule has 0 amide bonds. The quantitative estimate of drug-likeness (QED) is 0.213. The number of rotatable bonds is 3. The molecule has 5 nitrogen and oxygen atoms in total. The Hall–Kier alpha value is -0.625. The van der Waals surface area contributed by atoms with Crippen LogP contribution in [-0.4, -0.2) is 60.3 Å². The Morgan fingerprint density at radius 3 is 2.97 bits per heavy atom. The van der Waals surface area contributed by atoms with Crippen molar-refractivity contribution in [2.24, 2.45) is 5.92 Å². The third-order valence-corrected chi connectivity index (χ3v) is 8.44. The minimum Gasteiger partial charge on any atom is -0.468 e. The first kappa shape index (κ1) is 21.6. The number of aromatic nitrogens is 1. The van der Waals surface area contributed by atoms with Crippen molar-refractivity contribution in [3.05, 3.63) is 29.5 Å². The Labute approximate surface area is 188 Å². The Bertz CT molecular complexity index is 938. The number of halogens is 1. The number of aliphatic hydroxyl groups is 1. The number of carbonyl (C=O) groups excluding carboxylic acids is 1. The molecule has 2 N–H and O–H groups in total. The van der Waals surface area contributed by atoms with Crippen LogP contribution in [0.15, 0.2) is 18.2 Å². The van der Waals surface area contributed by atoms with Gasteiger partial charge in [0.15, 0.2) is 10.4 Å². The standard InChI is InChI=1S/C21H28BIN2O3P/c1-3-20(27)9-13-10-21(23,19(26)28-2)18-15(6-7-25(11-13)12-20)16-8-14(22-29)4-5-17(16)24-18/h4-5,8,13,24,27H,3,6-7,9-12,29H2,1-2H3/t13-,20-,21-/m0/s1. The van der Waals surface area contributed by atoms with E-state index in [1.54, 1.807) is 0 Å². The maximum absolute atomic E-state index is 13.1. The zero-order valence-electron chi connectivity index (χ0n) is 17.0. The minimum absolute atomic E-state index is 0.220. The van der Waals surface area contributed by atoms with Crippen LogP contribution in [0.1, 0.15) is 37.4 Å². The number of nitrogens with zero attached hydrogens (tertiary/aromatic N) is 1. The number of aromatic amines is 1. The number of methoxy groups -OCH3 is 1. The summed E-state index contributed by atoms with van der Waals surface area (Å²) in [6.45, 7) is 6.56. The molecule has 0 spiro atoms. The number of fused-ring (bicyclic) bond motifs is 5. The van der Waals surface area contributed by atoms with Gasteiger partial charge in [-0.05, 0) is 43.2 Å². The fraction of sp³-hybridized carbons (Fsp3) is 0.571. The molecule has 2 aromatic rings. The highest BCUT2D eigenvalue weighted by atomic mass is 127. The van der Waals surface area contributed by atoms with Gasteiger partial charge in [0.25, 0.3) is 0 Å². The van der Waals surface area contributed by atoms with Gasteiger partial charge >= 0.3 is 5.97 Å². The van der Waals surface area contributed by atoms with Crippen LogP contribution < -0.4 is 5.46 Å². The average molecular weight is 525 g/mol. The predicted molar refractivity (Wildman–Crippen MR) is 129 cm³/mol. The molecular weight excluding hydrogens is 497 g/mol. The SMILES string of the molecule is CC[C@]1(O)C[C@@H]2CN(CCc3c([nH]c4ccc([B]P)cc34)[C@](I)(C(=O)OC)C2)C1. The average Bonchev–Trinajstić information content (AvgIpc) is 3.10. The molecule has 1 aromatic heterocycles. The number of esters is 1. The van der Waals surface area contributed by atoms with E-state index in [1.165, 1.54) is 18.1 Å². The number of nitrogens with one attached hydrogen (secondary N) is 1. The Morgan fingerprint density at radius 2 is 2.28 bits per heavy atom. The molecule has 1 fully saturated rings. The number of hydrogen-bond donors (Lipinski definition) is 2. The lowest BCUT2D eigenvalue weighted by molar-refractivity contribution is -0.144. The lowest BCUT2D eigenvalue weighted by Gasteiger charge is -2.44. The summed E-state index contributed by atoms with van der Waals surface area (Å²) in [6.07, 6.45) is 2.95. The number of ether oxygens (including phenoxy) is 1.